The minimum Gasteiger partial charge on any atom is -0.299 e. The first kappa shape index (κ1) is 14.7. The normalized spacial score (nSPS) is 16.5. The molecule has 1 aliphatic carbocycles. The first-order valence-electron chi connectivity index (χ1n) is 7.09. The molecule has 1 fully saturated rings. The molecule has 0 bridgehead atoms. The minimum absolute atomic E-state index is 0.306. The van der Waals surface area contributed by atoms with Gasteiger partial charge in [-0.05, 0) is 32.1 Å². The molecule has 0 saturated heterocycles. The molecule has 1 heteroatoms. The predicted molar refractivity (Wildman–Crippen MR) is 72.7 cm³/mol. The number of carbonyl (C=O) groups is 1. The van der Waals surface area contributed by atoms with Gasteiger partial charge in [0.05, 0.1) is 0 Å². The van der Waals surface area contributed by atoms with E-state index in [0.717, 1.165) is 18.8 Å². The highest BCUT2D eigenvalue weighted by Crippen LogP contribution is 2.25. The van der Waals surface area contributed by atoms with E-state index in [-0.39, 0.29) is 0 Å². The van der Waals surface area contributed by atoms with Gasteiger partial charge in [-0.3, -0.25) is 4.79 Å². The SMILES string of the molecule is CCCCCCCCCCC(=O)[C]1[CH][CH][CH][CH]1. The zero-order chi connectivity index (χ0) is 12.3. The van der Waals surface area contributed by atoms with Crippen molar-refractivity contribution in [2.75, 3.05) is 0 Å². The Morgan fingerprint density at radius 1 is 0.882 bits per heavy atom. The summed E-state index contributed by atoms with van der Waals surface area (Å²) in [6.07, 6.45) is 18.7. The van der Waals surface area contributed by atoms with Gasteiger partial charge < -0.3 is 0 Å². The van der Waals surface area contributed by atoms with Crippen molar-refractivity contribution in [1.29, 1.82) is 0 Å². The Morgan fingerprint density at radius 2 is 1.41 bits per heavy atom. The fourth-order valence-corrected chi connectivity index (χ4v) is 2.12. The molecule has 1 rings (SSSR count). The Morgan fingerprint density at radius 3 is 2.00 bits per heavy atom. The Bertz CT molecular complexity index is 192. The second-order valence-corrected chi connectivity index (χ2v) is 4.82. The third kappa shape index (κ3) is 6.85. The third-order valence-corrected chi connectivity index (χ3v) is 3.24. The number of rotatable bonds is 10. The molecule has 0 aromatic heterocycles. The second kappa shape index (κ2) is 9.67. The molecule has 0 aromatic rings. The van der Waals surface area contributed by atoms with Crippen LogP contribution in [0, 0.1) is 31.6 Å². The van der Waals surface area contributed by atoms with Gasteiger partial charge in [-0.25, -0.2) is 0 Å². The Balaban J connectivity index is 1.85. The van der Waals surface area contributed by atoms with Crippen molar-refractivity contribution in [3.63, 3.8) is 0 Å². The molecule has 0 aromatic carbocycles. The molecular formula is C16H25O. The number of carbonyl (C=O) groups excluding carboxylic acids is 1. The average Bonchev–Trinajstić information content (AvgIpc) is 2.86. The lowest BCUT2D eigenvalue weighted by molar-refractivity contribution is -0.116. The van der Waals surface area contributed by atoms with Gasteiger partial charge in [0, 0.05) is 12.3 Å². The number of ketones is 1. The zero-order valence-corrected chi connectivity index (χ0v) is 11.1. The van der Waals surface area contributed by atoms with Crippen LogP contribution in [0.1, 0.15) is 64.7 Å². The molecule has 0 aliphatic heterocycles. The molecule has 95 valence electrons. The van der Waals surface area contributed by atoms with Crippen molar-refractivity contribution in [3.8, 4) is 0 Å². The summed E-state index contributed by atoms with van der Waals surface area (Å²) in [5.74, 6) is 1.19. The number of unbranched alkanes of at least 4 members (excludes halogenated alkanes) is 7. The van der Waals surface area contributed by atoms with E-state index in [1.807, 2.05) is 25.7 Å². The summed E-state index contributed by atoms with van der Waals surface area (Å²) in [6.45, 7) is 2.25. The molecule has 1 aliphatic rings. The summed E-state index contributed by atoms with van der Waals surface area (Å²) in [4.78, 5) is 11.7. The smallest absolute Gasteiger partial charge is 0.140 e. The van der Waals surface area contributed by atoms with Crippen LogP contribution in [-0.4, -0.2) is 5.78 Å². The van der Waals surface area contributed by atoms with E-state index in [0.29, 0.717) is 5.78 Å². The standard InChI is InChI=1S/C16H25O/c1-2-3-4-5-6-7-8-9-14-16(17)15-12-10-11-13-15/h10-13H,2-9,14H2,1H3. The van der Waals surface area contributed by atoms with Crippen LogP contribution in [0.3, 0.4) is 0 Å². The summed E-state index contributed by atoms with van der Waals surface area (Å²) < 4.78 is 0. The lowest BCUT2D eigenvalue weighted by Gasteiger charge is -2.06. The lowest BCUT2D eigenvalue weighted by atomic mass is 9.97. The van der Waals surface area contributed by atoms with Crippen molar-refractivity contribution in [2.45, 2.75) is 64.7 Å². The van der Waals surface area contributed by atoms with E-state index < -0.39 is 0 Å². The maximum atomic E-state index is 11.7. The summed E-state index contributed by atoms with van der Waals surface area (Å²) >= 11 is 0. The highest BCUT2D eigenvalue weighted by molar-refractivity contribution is 5.97. The first-order valence-corrected chi connectivity index (χ1v) is 7.09. The van der Waals surface area contributed by atoms with Gasteiger partial charge in [0.2, 0.25) is 0 Å². The Labute approximate surface area is 107 Å². The molecule has 0 amide bonds. The molecule has 1 saturated carbocycles. The minimum atomic E-state index is 0.306. The fourth-order valence-electron chi connectivity index (χ4n) is 2.12. The molecule has 17 heavy (non-hydrogen) atoms. The van der Waals surface area contributed by atoms with E-state index in [1.54, 1.807) is 0 Å². The van der Waals surface area contributed by atoms with Crippen LogP contribution in [0.25, 0.3) is 0 Å². The summed E-state index contributed by atoms with van der Waals surface area (Å²) in [5.41, 5.74) is 0. The molecule has 0 heterocycles. The van der Waals surface area contributed by atoms with Crippen LogP contribution < -0.4 is 0 Å². The van der Waals surface area contributed by atoms with Crippen LogP contribution in [0.15, 0.2) is 0 Å². The van der Waals surface area contributed by atoms with Crippen LogP contribution in [0.5, 0.6) is 0 Å². The van der Waals surface area contributed by atoms with Gasteiger partial charge in [-0.15, -0.1) is 0 Å². The largest absolute Gasteiger partial charge is 0.299 e. The topological polar surface area (TPSA) is 17.1 Å². The van der Waals surface area contributed by atoms with Gasteiger partial charge in [-0.1, -0.05) is 51.9 Å². The summed E-state index contributed by atoms with van der Waals surface area (Å²) in [7, 11) is 0. The maximum absolute atomic E-state index is 11.7. The summed E-state index contributed by atoms with van der Waals surface area (Å²) in [5, 5.41) is 0. The summed E-state index contributed by atoms with van der Waals surface area (Å²) in [6, 6.07) is 0. The van der Waals surface area contributed by atoms with E-state index in [9.17, 15) is 4.79 Å². The Hall–Kier alpha value is -0.330. The van der Waals surface area contributed by atoms with Gasteiger partial charge in [0.15, 0.2) is 0 Å². The molecule has 0 atom stereocenters. The molecule has 0 spiro atoms. The van der Waals surface area contributed by atoms with Crippen molar-refractivity contribution in [2.24, 2.45) is 0 Å². The van der Waals surface area contributed by atoms with Gasteiger partial charge in [-0.2, -0.15) is 0 Å². The molecule has 1 nitrogen and oxygen atoms in total. The highest BCUT2D eigenvalue weighted by Gasteiger charge is 2.23. The number of hydrogen-bond acceptors (Lipinski definition) is 1. The van der Waals surface area contributed by atoms with Crippen LogP contribution in [0.4, 0.5) is 0 Å². The molecular weight excluding hydrogens is 208 g/mol. The lowest BCUT2D eigenvalue weighted by Crippen LogP contribution is -2.08. The fraction of sp³-hybridized carbons (Fsp3) is 0.625. The van der Waals surface area contributed by atoms with Crippen molar-refractivity contribution in [1.82, 2.24) is 0 Å². The van der Waals surface area contributed by atoms with E-state index >= 15 is 0 Å². The van der Waals surface area contributed by atoms with Crippen LogP contribution in [-0.2, 0) is 4.79 Å². The van der Waals surface area contributed by atoms with Crippen molar-refractivity contribution in [3.05, 3.63) is 31.6 Å². The zero-order valence-electron chi connectivity index (χ0n) is 11.1. The van der Waals surface area contributed by atoms with Crippen molar-refractivity contribution < 1.29 is 4.79 Å². The predicted octanol–water partition coefficient (Wildman–Crippen LogP) is 4.49. The van der Waals surface area contributed by atoms with Crippen LogP contribution >= 0.6 is 0 Å². The number of Topliss-reactive ketones (excluding diaryl/α,β-unsaturated/α-hetero) is 1. The molecule has 5 radical (unpaired) electrons. The van der Waals surface area contributed by atoms with E-state index in [4.69, 9.17) is 0 Å². The highest BCUT2D eigenvalue weighted by atomic mass is 16.1. The van der Waals surface area contributed by atoms with Gasteiger partial charge in [0.1, 0.15) is 5.78 Å². The van der Waals surface area contributed by atoms with Gasteiger partial charge in [0.25, 0.3) is 0 Å². The maximum Gasteiger partial charge on any atom is 0.140 e. The van der Waals surface area contributed by atoms with E-state index in [1.165, 1.54) is 44.9 Å². The Kier molecular flexibility index (Phi) is 8.38. The first-order chi connectivity index (χ1) is 8.34. The molecule has 0 unspecified atom stereocenters. The molecule has 0 N–H and O–H groups in total. The van der Waals surface area contributed by atoms with Crippen LogP contribution in [0.2, 0.25) is 0 Å². The monoisotopic (exact) mass is 233 g/mol. The van der Waals surface area contributed by atoms with Crippen molar-refractivity contribution >= 4 is 5.78 Å². The average molecular weight is 233 g/mol. The van der Waals surface area contributed by atoms with Gasteiger partial charge >= 0.3 is 0 Å². The number of hydrogen-bond donors (Lipinski definition) is 0. The third-order valence-electron chi connectivity index (χ3n) is 3.24. The quantitative estimate of drug-likeness (QED) is 0.508. The second-order valence-electron chi connectivity index (χ2n) is 4.82. The van der Waals surface area contributed by atoms with E-state index in [2.05, 4.69) is 6.92 Å².